The van der Waals surface area contributed by atoms with E-state index in [1.165, 1.54) is 10.4 Å². The van der Waals surface area contributed by atoms with Gasteiger partial charge in [0.05, 0.1) is 5.92 Å². The summed E-state index contributed by atoms with van der Waals surface area (Å²) in [5.41, 5.74) is 1.27. The Morgan fingerprint density at radius 3 is 3.24 bits per heavy atom. The first-order valence-corrected chi connectivity index (χ1v) is 7.19. The van der Waals surface area contributed by atoms with Crippen LogP contribution in [0.3, 0.4) is 0 Å². The Kier molecular flexibility index (Phi) is 4.57. The third-order valence-electron chi connectivity index (χ3n) is 3.27. The molecule has 1 aromatic heterocycles. The number of carbonyl (C=O) groups is 1. The lowest BCUT2D eigenvalue weighted by molar-refractivity contribution is -0.122. The largest absolute Gasteiger partial charge is 0.356 e. The molecule has 1 aliphatic carbocycles. The summed E-state index contributed by atoms with van der Waals surface area (Å²) < 4.78 is 0. The molecule has 17 heavy (non-hydrogen) atoms. The van der Waals surface area contributed by atoms with Crippen molar-refractivity contribution >= 4 is 17.2 Å². The molecule has 0 aromatic carbocycles. The summed E-state index contributed by atoms with van der Waals surface area (Å²) in [4.78, 5) is 13.5. The van der Waals surface area contributed by atoms with Gasteiger partial charge in [-0.15, -0.1) is 11.3 Å². The Labute approximate surface area is 107 Å². The van der Waals surface area contributed by atoms with Crippen LogP contribution in [0.1, 0.15) is 35.6 Å². The molecular weight excluding hydrogens is 232 g/mol. The molecule has 1 heterocycles. The van der Waals surface area contributed by atoms with Crippen LogP contribution in [0.2, 0.25) is 0 Å². The van der Waals surface area contributed by atoms with Crippen LogP contribution in [0.4, 0.5) is 0 Å². The zero-order chi connectivity index (χ0) is 12.1. The van der Waals surface area contributed by atoms with Gasteiger partial charge < -0.3 is 10.6 Å². The van der Waals surface area contributed by atoms with Gasteiger partial charge in [-0.3, -0.25) is 4.79 Å². The number of nitrogens with one attached hydrogen (secondary N) is 2. The molecule has 2 N–H and O–H groups in total. The molecule has 0 bridgehead atoms. The van der Waals surface area contributed by atoms with Crippen LogP contribution in [0.25, 0.3) is 0 Å². The molecule has 1 aliphatic rings. The van der Waals surface area contributed by atoms with Gasteiger partial charge in [0.15, 0.2) is 0 Å². The van der Waals surface area contributed by atoms with Gasteiger partial charge in [0, 0.05) is 11.4 Å². The van der Waals surface area contributed by atoms with Crippen molar-refractivity contribution < 1.29 is 4.79 Å². The molecule has 0 saturated carbocycles. The zero-order valence-corrected chi connectivity index (χ0v) is 11.1. The van der Waals surface area contributed by atoms with Crippen LogP contribution in [-0.2, 0) is 11.2 Å². The Bertz CT molecular complexity index is 375. The highest BCUT2D eigenvalue weighted by atomic mass is 32.1. The molecule has 1 aromatic rings. The Hall–Kier alpha value is -0.870. The standard InChI is InChI=1S/C13H20N2OS/c1-14-7-3-8-15-13(16)11-4-2-5-12-10(11)6-9-17-12/h6,9,11,14H,2-5,7-8H2,1H3,(H,15,16). The van der Waals surface area contributed by atoms with Crippen molar-refractivity contribution in [2.75, 3.05) is 20.1 Å². The van der Waals surface area contributed by atoms with Crippen molar-refractivity contribution in [1.29, 1.82) is 0 Å². The Balaban J connectivity index is 1.89. The molecule has 0 spiro atoms. The fraction of sp³-hybridized carbons (Fsp3) is 0.615. The van der Waals surface area contributed by atoms with E-state index in [9.17, 15) is 4.79 Å². The molecule has 3 nitrogen and oxygen atoms in total. The summed E-state index contributed by atoms with van der Waals surface area (Å²) in [5.74, 6) is 0.306. The first kappa shape index (κ1) is 12.6. The van der Waals surface area contributed by atoms with Crippen molar-refractivity contribution in [2.45, 2.75) is 31.6 Å². The molecule has 4 heteroatoms. The third kappa shape index (κ3) is 3.07. The van der Waals surface area contributed by atoms with Crippen molar-refractivity contribution in [3.05, 3.63) is 21.9 Å². The maximum absolute atomic E-state index is 12.1. The van der Waals surface area contributed by atoms with Gasteiger partial charge in [-0.1, -0.05) is 0 Å². The molecule has 2 rings (SSSR count). The average Bonchev–Trinajstić information content (AvgIpc) is 2.82. The van der Waals surface area contributed by atoms with E-state index in [1.54, 1.807) is 11.3 Å². The third-order valence-corrected chi connectivity index (χ3v) is 4.27. The van der Waals surface area contributed by atoms with Crippen LogP contribution in [-0.4, -0.2) is 26.0 Å². The van der Waals surface area contributed by atoms with Gasteiger partial charge in [0.1, 0.15) is 0 Å². The zero-order valence-electron chi connectivity index (χ0n) is 10.3. The number of rotatable bonds is 5. The van der Waals surface area contributed by atoms with Crippen molar-refractivity contribution in [2.24, 2.45) is 0 Å². The molecule has 1 amide bonds. The molecular formula is C13H20N2OS. The fourth-order valence-corrected chi connectivity index (χ4v) is 3.35. The summed E-state index contributed by atoms with van der Waals surface area (Å²) in [7, 11) is 1.93. The SMILES string of the molecule is CNCCCNC(=O)C1CCCc2sccc21. The fourth-order valence-electron chi connectivity index (χ4n) is 2.36. The van der Waals surface area contributed by atoms with Gasteiger partial charge in [-0.25, -0.2) is 0 Å². The topological polar surface area (TPSA) is 41.1 Å². The van der Waals surface area contributed by atoms with E-state index in [4.69, 9.17) is 0 Å². The minimum absolute atomic E-state index is 0.0968. The maximum atomic E-state index is 12.1. The number of aryl methyl sites for hydroxylation is 1. The van der Waals surface area contributed by atoms with Crippen LogP contribution in [0.5, 0.6) is 0 Å². The monoisotopic (exact) mass is 252 g/mol. The molecule has 1 unspecified atom stereocenters. The second-order valence-electron chi connectivity index (χ2n) is 4.49. The molecule has 0 saturated heterocycles. The number of hydrogen-bond acceptors (Lipinski definition) is 3. The second-order valence-corrected chi connectivity index (χ2v) is 5.49. The quantitative estimate of drug-likeness (QED) is 0.786. The lowest BCUT2D eigenvalue weighted by atomic mass is 9.87. The normalized spacial score (nSPS) is 18.8. The number of carbonyl (C=O) groups excluding carboxylic acids is 1. The van der Waals surface area contributed by atoms with E-state index in [-0.39, 0.29) is 11.8 Å². The summed E-state index contributed by atoms with van der Waals surface area (Å²) >= 11 is 1.79. The van der Waals surface area contributed by atoms with E-state index in [0.717, 1.165) is 38.8 Å². The maximum Gasteiger partial charge on any atom is 0.227 e. The van der Waals surface area contributed by atoms with Gasteiger partial charge in [0.25, 0.3) is 0 Å². The van der Waals surface area contributed by atoms with Crippen LogP contribution >= 0.6 is 11.3 Å². The van der Waals surface area contributed by atoms with Crippen molar-refractivity contribution in [3.8, 4) is 0 Å². The van der Waals surface area contributed by atoms with Crippen LogP contribution in [0, 0.1) is 0 Å². The van der Waals surface area contributed by atoms with Gasteiger partial charge >= 0.3 is 0 Å². The number of amides is 1. The molecule has 0 fully saturated rings. The first-order chi connectivity index (χ1) is 8.33. The highest BCUT2D eigenvalue weighted by Crippen LogP contribution is 2.34. The highest BCUT2D eigenvalue weighted by molar-refractivity contribution is 7.10. The number of hydrogen-bond donors (Lipinski definition) is 2. The smallest absolute Gasteiger partial charge is 0.227 e. The lowest BCUT2D eigenvalue weighted by Crippen LogP contribution is -2.32. The van der Waals surface area contributed by atoms with E-state index in [1.807, 2.05) is 7.05 Å². The highest BCUT2D eigenvalue weighted by Gasteiger charge is 2.26. The summed E-state index contributed by atoms with van der Waals surface area (Å²) in [6, 6.07) is 2.12. The van der Waals surface area contributed by atoms with Gasteiger partial charge in [-0.2, -0.15) is 0 Å². The van der Waals surface area contributed by atoms with Gasteiger partial charge in [-0.05, 0) is 56.3 Å². The molecule has 94 valence electrons. The number of fused-ring (bicyclic) bond motifs is 1. The van der Waals surface area contributed by atoms with E-state index >= 15 is 0 Å². The van der Waals surface area contributed by atoms with Crippen LogP contribution < -0.4 is 10.6 Å². The molecule has 1 atom stereocenters. The second kappa shape index (κ2) is 6.17. The molecule has 0 radical (unpaired) electrons. The Morgan fingerprint density at radius 1 is 1.53 bits per heavy atom. The minimum Gasteiger partial charge on any atom is -0.356 e. The minimum atomic E-state index is 0.0968. The first-order valence-electron chi connectivity index (χ1n) is 6.31. The van der Waals surface area contributed by atoms with E-state index in [2.05, 4.69) is 22.1 Å². The van der Waals surface area contributed by atoms with Crippen molar-refractivity contribution in [3.63, 3.8) is 0 Å². The van der Waals surface area contributed by atoms with E-state index < -0.39 is 0 Å². The lowest BCUT2D eigenvalue weighted by Gasteiger charge is -2.21. The predicted octanol–water partition coefficient (Wildman–Crippen LogP) is 1.89. The summed E-state index contributed by atoms with van der Waals surface area (Å²) in [6.07, 6.45) is 4.28. The molecule has 0 aliphatic heterocycles. The summed E-state index contributed by atoms with van der Waals surface area (Å²) in [6.45, 7) is 1.73. The van der Waals surface area contributed by atoms with Crippen LogP contribution in [0.15, 0.2) is 11.4 Å². The predicted molar refractivity (Wildman–Crippen MR) is 71.6 cm³/mol. The van der Waals surface area contributed by atoms with Crippen molar-refractivity contribution in [1.82, 2.24) is 10.6 Å². The van der Waals surface area contributed by atoms with Gasteiger partial charge in [0.2, 0.25) is 5.91 Å². The average molecular weight is 252 g/mol. The summed E-state index contributed by atoms with van der Waals surface area (Å²) in [5, 5.41) is 8.23. The number of thiophene rings is 1. The van der Waals surface area contributed by atoms with E-state index in [0.29, 0.717) is 0 Å². The Morgan fingerprint density at radius 2 is 2.41 bits per heavy atom.